The summed E-state index contributed by atoms with van der Waals surface area (Å²) in [5, 5.41) is 11.9. The number of hydrogen-bond donors (Lipinski definition) is 1. The van der Waals surface area contributed by atoms with Gasteiger partial charge in [0.15, 0.2) is 0 Å². The molecule has 2 heterocycles. The van der Waals surface area contributed by atoms with Crippen molar-refractivity contribution in [2.75, 3.05) is 0 Å². The van der Waals surface area contributed by atoms with E-state index in [4.69, 9.17) is 14.6 Å². The molecule has 0 fully saturated rings. The molecule has 0 aliphatic rings. The van der Waals surface area contributed by atoms with Crippen LogP contribution >= 0.6 is 0 Å². The summed E-state index contributed by atoms with van der Waals surface area (Å²) in [5.74, 6) is 0.290. The zero-order valence-electron chi connectivity index (χ0n) is 50.9. The average Bonchev–Trinajstić information content (AvgIpc) is 3.78. The summed E-state index contributed by atoms with van der Waals surface area (Å²) < 4.78 is 99.2. The molecular weight excluding hydrogens is 986 g/mol. The van der Waals surface area contributed by atoms with Crippen molar-refractivity contribution < 1.29 is 41.3 Å². The second-order valence-corrected chi connectivity index (χ2v) is 19.1. The molecule has 0 bridgehead atoms. The van der Waals surface area contributed by atoms with Gasteiger partial charge in [-0.25, -0.2) is 4.98 Å². The van der Waals surface area contributed by atoms with Crippen LogP contribution in [0.15, 0.2) is 127 Å². The molecule has 0 radical (unpaired) electrons. The van der Waals surface area contributed by atoms with Crippen molar-refractivity contribution >= 4 is 11.0 Å². The molecule has 66 heavy (non-hydrogen) atoms. The van der Waals surface area contributed by atoms with E-state index in [1.807, 2.05) is 93.8 Å². The third-order valence-electron chi connectivity index (χ3n) is 14.0. The van der Waals surface area contributed by atoms with E-state index in [0.29, 0.717) is 44.8 Å². The van der Waals surface area contributed by atoms with Crippen LogP contribution in [-0.4, -0.2) is 19.6 Å². The number of benzene rings is 6. The van der Waals surface area contributed by atoms with Gasteiger partial charge in [-0.2, -0.15) is 0 Å². The molecule has 0 amide bonds. The Balaban J connectivity index is 0.00000861. The van der Waals surface area contributed by atoms with Gasteiger partial charge in [0.2, 0.25) is 0 Å². The monoisotopic (exact) mass is 1060 g/mol. The number of para-hydroxylation sites is 1. The van der Waals surface area contributed by atoms with Gasteiger partial charge in [0.1, 0.15) is 11.6 Å². The molecule has 0 saturated carbocycles. The number of rotatable bonds is 12. The summed E-state index contributed by atoms with van der Waals surface area (Å²) in [5.41, 5.74) is 7.88. The van der Waals surface area contributed by atoms with E-state index in [0.717, 1.165) is 47.9 Å². The van der Waals surface area contributed by atoms with Crippen LogP contribution in [0, 0.1) is 26.8 Å². The van der Waals surface area contributed by atoms with E-state index in [1.165, 1.54) is 11.1 Å². The number of aromatic nitrogens is 3. The third kappa shape index (κ3) is 8.87. The molecule has 0 atom stereocenters. The third-order valence-corrected chi connectivity index (χ3v) is 14.0. The van der Waals surface area contributed by atoms with Crippen molar-refractivity contribution in [3.8, 4) is 67.5 Å². The van der Waals surface area contributed by atoms with Crippen molar-refractivity contribution in [2.24, 2.45) is 0 Å². The predicted octanol–water partition coefficient (Wildman–Crippen LogP) is 16.6. The topological polar surface area (TPSA) is 50.9 Å². The largest absolute Gasteiger partial charge is 0.507 e. The van der Waals surface area contributed by atoms with Gasteiger partial charge in [-0.1, -0.05) is 152 Å². The molecule has 5 heteroatoms. The van der Waals surface area contributed by atoms with Gasteiger partial charge >= 0.3 is 0 Å². The van der Waals surface area contributed by atoms with Crippen molar-refractivity contribution in [3.05, 3.63) is 167 Å². The fourth-order valence-corrected chi connectivity index (χ4v) is 9.11. The number of fused-ring (bicyclic) bond motifs is 1. The molecule has 0 aliphatic heterocycles. The molecule has 342 valence electrons. The normalized spacial score (nSPS) is 14.7. The Kier molecular flexibility index (Phi) is 10.2. The number of pyridine rings is 1. The predicted molar refractivity (Wildman–Crippen MR) is 275 cm³/mol. The molecule has 0 saturated heterocycles. The molecule has 0 aliphatic carbocycles. The van der Waals surface area contributed by atoms with Gasteiger partial charge in [-0.15, -0.1) is 29.3 Å². The minimum absolute atomic E-state index is 0. The van der Waals surface area contributed by atoms with Crippen LogP contribution in [-0.2, 0) is 37.3 Å². The maximum Gasteiger partial charge on any atom is 0.148 e. The maximum atomic E-state index is 11.9. The molecule has 2 aromatic heterocycles. The standard InChI is InChI=1S/C61H66N3O.Pt/c1-13-60(11,14-2)50-25-21-26-51(61(12,15-3)16-4)55(50)44-28-29-53(40(6)34-44)64-54-27-20-24-48(56(54)63-58(64)49-33-39(5)32-41(7)57(49)65)45-35-46(37-47(36-45)59(8,9)10)52-38-43(30-31-62-52)42-22-18-17-19-23-42;/h17-34,36-38,65H,13-16H2,1-12H3;/q-1;/i6D3,17D,18D,19D,22D,23D,30D,31D,38D;. The molecular formula is C61H66N3OPt-. The summed E-state index contributed by atoms with van der Waals surface area (Å²) in [7, 11) is 0. The van der Waals surface area contributed by atoms with Gasteiger partial charge in [0.05, 0.1) is 33.3 Å². The van der Waals surface area contributed by atoms with Crippen molar-refractivity contribution in [1.29, 1.82) is 0 Å². The summed E-state index contributed by atoms with van der Waals surface area (Å²) in [6.45, 7) is 20.5. The van der Waals surface area contributed by atoms with Crippen molar-refractivity contribution in [1.82, 2.24) is 14.5 Å². The van der Waals surface area contributed by atoms with E-state index in [1.54, 1.807) is 6.07 Å². The smallest absolute Gasteiger partial charge is 0.148 e. The van der Waals surface area contributed by atoms with Crippen LogP contribution in [0.2, 0.25) is 0 Å². The number of nitrogens with zero attached hydrogens (tertiary/aromatic N) is 3. The number of phenols is 1. The fourth-order valence-electron chi connectivity index (χ4n) is 9.11. The van der Waals surface area contributed by atoms with Crippen molar-refractivity contribution in [3.63, 3.8) is 0 Å². The van der Waals surface area contributed by atoms with Crippen LogP contribution < -0.4 is 0 Å². The first kappa shape index (κ1) is 35.6. The first-order chi connectivity index (χ1) is 35.6. The number of hydrogen-bond acceptors (Lipinski definition) is 3. The Morgan fingerprint density at radius 3 is 1.98 bits per heavy atom. The molecule has 1 N–H and O–H groups in total. The molecule has 8 aromatic rings. The van der Waals surface area contributed by atoms with Gasteiger partial charge in [0, 0.05) is 37.0 Å². The van der Waals surface area contributed by atoms with Crippen LogP contribution in [0.5, 0.6) is 5.75 Å². The summed E-state index contributed by atoms with van der Waals surface area (Å²) in [4.78, 5) is 9.77. The zero-order valence-corrected chi connectivity index (χ0v) is 42.2. The SMILES string of the molecule is [2H]c1nc(-c2[c-]c(-c3cccc4c3nc(-c3cc(C)cc(C)c3O)n4-c3ccc(-c4c(C(C)(CC)CC)cccc4C(C)(CC)CC)cc3C([2H])([2H])[2H])cc(C(C)(C)C)c2)c([2H])c(-c2c([2H])c([2H])c([2H])c([2H])c2[2H])c1[2H].[Pt]. The van der Waals surface area contributed by atoms with E-state index in [9.17, 15) is 10.6 Å². The van der Waals surface area contributed by atoms with E-state index in [2.05, 4.69) is 70.8 Å². The number of imidazole rings is 1. The quantitative estimate of drug-likeness (QED) is 0.124. The zero-order chi connectivity index (χ0) is 55.9. The minimum atomic E-state index is -2.63. The molecule has 4 nitrogen and oxygen atoms in total. The molecule has 0 spiro atoms. The summed E-state index contributed by atoms with van der Waals surface area (Å²) in [6.07, 6.45) is 2.98. The van der Waals surface area contributed by atoms with Gasteiger partial charge in [0.25, 0.3) is 0 Å². The first-order valence-electron chi connectivity index (χ1n) is 28.3. The van der Waals surface area contributed by atoms with E-state index >= 15 is 0 Å². The Morgan fingerprint density at radius 2 is 1.35 bits per heavy atom. The second kappa shape index (κ2) is 19.0. The van der Waals surface area contributed by atoms with Crippen LogP contribution in [0.4, 0.5) is 0 Å². The maximum absolute atomic E-state index is 11.9. The van der Waals surface area contributed by atoms with Gasteiger partial charge in [-0.05, 0) is 143 Å². The average molecular weight is 1060 g/mol. The van der Waals surface area contributed by atoms with Gasteiger partial charge < -0.3 is 5.11 Å². The molecule has 8 rings (SSSR count). The number of aryl methyl sites for hydroxylation is 3. The van der Waals surface area contributed by atoms with Crippen molar-refractivity contribution in [2.45, 2.75) is 125 Å². The Morgan fingerprint density at radius 1 is 0.697 bits per heavy atom. The fraction of sp³-hybridized carbons (Fsp3) is 0.311. The van der Waals surface area contributed by atoms with E-state index in [-0.39, 0.29) is 65.6 Å². The Labute approximate surface area is 424 Å². The minimum Gasteiger partial charge on any atom is -0.507 e. The number of phenolic OH excluding ortho intramolecular Hbond substituents is 1. The Hall–Kier alpha value is -5.57. The van der Waals surface area contributed by atoms with Gasteiger partial charge in [-0.3, -0.25) is 9.55 Å². The number of aromatic hydroxyl groups is 1. The Bertz CT molecular complexity index is 3560. The summed E-state index contributed by atoms with van der Waals surface area (Å²) in [6, 6.07) is 24.6. The first-order valence-corrected chi connectivity index (χ1v) is 22.8. The van der Waals surface area contributed by atoms with Crippen LogP contribution in [0.25, 0.3) is 72.7 Å². The second-order valence-electron chi connectivity index (χ2n) is 19.1. The van der Waals surface area contributed by atoms with Crippen LogP contribution in [0.1, 0.15) is 136 Å². The van der Waals surface area contributed by atoms with Crippen LogP contribution in [0.3, 0.4) is 0 Å². The molecule has 6 aromatic carbocycles. The van der Waals surface area contributed by atoms with E-state index < -0.39 is 60.7 Å². The summed E-state index contributed by atoms with van der Waals surface area (Å²) >= 11 is 0. The molecule has 0 unspecified atom stereocenters.